The lowest BCUT2D eigenvalue weighted by Gasteiger charge is -2.09. The summed E-state index contributed by atoms with van der Waals surface area (Å²) in [6.45, 7) is 2.43. The molecule has 1 aromatic rings. The molecular formula is C10H14FNO2. The van der Waals surface area contributed by atoms with Gasteiger partial charge >= 0.3 is 0 Å². The maximum Gasteiger partial charge on any atom is 0.167 e. The monoisotopic (exact) mass is 199 g/mol. The first-order chi connectivity index (χ1) is 6.69. The minimum atomic E-state index is -0.461. The minimum absolute atomic E-state index is 0.179. The zero-order valence-corrected chi connectivity index (χ0v) is 8.34. The Hall–Kier alpha value is -1.45. The Morgan fingerprint density at radius 3 is 2.64 bits per heavy atom. The molecule has 14 heavy (non-hydrogen) atoms. The Kier molecular flexibility index (Phi) is 3.56. The molecule has 0 aliphatic rings. The lowest BCUT2D eigenvalue weighted by molar-refractivity contribution is 0.298. The smallest absolute Gasteiger partial charge is 0.167 e. The molecule has 0 bridgehead atoms. The first kappa shape index (κ1) is 10.6. The molecule has 1 aromatic carbocycles. The Morgan fingerprint density at radius 2 is 2.07 bits per heavy atom. The van der Waals surface area contributed by atoms with Crippen molar-refractivity contribution in [1.29, 1.82) is 0 Å². The van der Waals surface area contributed by atoms with E-state index in [0.29, 0.717) is 12.4 Å². The lowest BCUT2D eigenvalue weighted by atomic mass is 10.2. The van der Waals surface area contributed by atoms with Crippen molar-refractivity contribution in [3.05, 3.63) is 17.9 Å². The van der Waals surface area contributed by atoms with Gasteiger partial charge in [0, 0.05) is 12.1 Å². The van der Waals surface area contributed by atoms with Crippen molar-refractivity contribution in [3.63, 3.8) is 0 Å². The van der Waals surface area contributed by atoms with Gasteiger partial charge in [0.15, 0.2) is 11.6 Å². The molecule has 4 heteroatoms. The van der Waals surface area contributed by atoms with E-state index >= 15 is 0 Å². The molecule has 0 aliphatic carbocycles. The van der Waals surface area contributed by atoms with E-state index in [9.17, 15) is 4.39 Å². The van der Waals surface area contributed by atoms with Crippen LogP contribution >= 0.6 is 0 Å². The predicted molar refractivity (Wildman–Crippen MR) is 53.2 cm³/mol. The van der Waals surface area contributed by atoms with Crippen LogP contribution in [0.3, 0.4) is 0 Å². The summed E-state index contributed by atoms with van der Waals surface area (Å²) in [7, 11) is 1.48. The molecule has 0 radical (unpaired) electrons. The van der Waals surface area contributed by atoms with Crippen molar-refractivity contribution in [3.8, 4) is 11.5 Å². The summed E-state index contributed by atoms with van der Waals surface area (Å²) in [6.07, 6.45) is 0.826. The molecule has 0 heterocycles. The number of halogens is 1. The van der Waals surface area contributed by atoms with Crippen molar-refractivity contribution >= 4 is 5.69 Å². The molecule has 78 valence electrons. The fraction of sp³-hybridized carbons (Fsp3) is 0.400. The van der Waals surface area contributed by atoms with Gasteiger partial charge in [-0.1, -0.05) is 6.92 Å². The van der Waals surface area contributed by atoms with E-state index in [1.807, 2.05) is 6.92 Å². The summed E-state index contributed by atoms with van der Waals surface area (Å²) < 4.78 is 23.4. The fourth-order valence-corrected chi connectivity index (χ4v) is 1.05. The van der Waals surface area contributed by atoms with Gasteiger partial charge < -0.3 is 15.2 Å². The van der Waals surface area contributed by atoms with Crippen molar-refractivity contribution in [1.82, 2.24) is 0 Å². The van der Waals surface area contributed by atoms with Crippen molar-refractivity contribution in [2.45, 2.75) is 13.3 Å². The normalized spacial score (nSPS) is 9.93. The molecule has 0 aromatic heterocycles. The second-order valence-electron chi connectivity index (χ2n) is 2.87. The van der Waals surface area contributed by atoms with Gasteiger partial charge in [0.2, 0.25) is 0 Å². The SMILES string of the molecule is CCCOc1cc(OC)c(N)cc1F. The molecular weight excluding hydrogens is 185 g/mol. The Labute approximate surface area is 82.6 Å². The average molecular weight is 199 g/mol. The van der Waals surface area contributed by atoms with Gasteiger partial charge in [-0.05, 0) is 6.42 Å². The van der Waals surface area contributed by atoms with Crippen molar-refractivity contribution in [2.24, 2.45) is 0 Å². The van der Waals surface area contributed by atoms with E-state index in [1.165, 1.54) is 19.2 Å². The highest BCUT2D eigenvalue weighted by Gasteiger charge is 2.08. The number of hydrogen-bond acceptors (Lipinski definition) is 3. The summed E-state index contributed by atoms with van der Waals surface area (Å²) >= 11 is 0. The summed E-state index contributed by atoms with van der Waals surface area (Å²) in [4.78, 5) is 0. The van der Waals surface area contributed by atoms with Gasteiger partial charge in [0.05, 0.1) is 19.4 Å². The van der Waals surface area contributed by atoms with Crippen LogP contribution in [0, 0.1) is 5.82 Å². The molecule has 0 fully saturated rings. The zero-order valence-electron chi connectivity index (χ0n) is 8.34. The zero-order chi connectivity index (χ0) is 10.6. The number of benzene rings is 1. The highest BCUT2D eigenvalue weighted by Crippen LogP contribution is 2.29. The van der Waals surface area contributed by atoms with Gasteiger partial charge in [-0.2, -0.15) is 0 Å². The third-order valence-electron chi connectivity index (χ3n) is 1.75. The van der Waals surface area contributed by atoms with E-state index < -0.39 is 5.82 Å². The molecule has 0 unspecified atom stereocenters. The second kappa shape index (κ2) is 4.69. The van der Waals surface area contributed by atoms with Crippen molar-refractivity contribution in [2.75, 3.05) is 19.5 Å². The van der Waals surface area contributed by atoms with Crippen LogP contribution in [0.2, 0.25) is 0 Å². The largest absolute Gasteiger partial charge is 0.494 e. The highest BCUT2D eigenvalue weighted by molar-refractivity contribution is 5.56. The molecule has 0 atom stereocenters. The van der Waals surface area contributed by atoms with Gasteiger partial charge in [-0.15, -0.1) is 0 Å². The summed E-state index contributed by atoms with van der Waals surface area (Å²) in [5, 5.41) is 0. The molecule has 0 saturated heterocycles. The number of ether oxygens (including phenoxy) is 2. The van der Waals surface area contributed by atoms with Crippen LogP contribution in [0.25, 0.3) is 0 Å². The highest BCUT2D eigenvalue weighted by atomic mass is 19.1. The first-order valence-electron chi connectivity index (χ1n) is 4.44. The molecule has 2 N–H and O–H groups in total. The summed E-state index contributed by atoms with van der Waals surface area (Å²) in [5.74, 6) is 0.146. The number of hydrogen-bond donors (Lipinski definition) is 1. The third kappa shape index (κ3) is 2.28. The molecule has 3 nitrogen and oxygen atoms in total. The molecule has 0 aliphatic heterocycles. The fourth-order valence-electron chi connectivity index (χ4n) is 1.05. The van der Waals surface area contributed by atoms with E-state index in [2.05, 4.69) is 0 Å². The van der Waals surface area contributed by atoms with E-state index in [0.717, 1.165) is 6.42 Å². The van der Waals surface area contributed by atoms with Crippen LogP contribution in [-0.4, -0.2) is 13.7 Å². The second-order valence-corrected chi connectivity index (χ2v) is 2.87. The number of nitrogens with two attached hydrogens (primary N) is 1. The van der Waals surface area contributed by atoms with Crippen LogP contribution in [0.4, 0.5) is 10.1 Å². The topological polar surface area (TPSA) is 44.5 Å². The molecule has 0 saturated carbocycles. The van der Waals surface area contributed by atoms with E-state index in [-0.39, 0.29) is 11.4 Å². The number of nitrogen functional groups attached to an aromatic ring is 1. The predicted octanol–water partition coefficient (Wildman–Crippen LogP) is 2.21. The number of anilines is 1. The van der Waals surface area contributed by atoms with Gasteiger partial charge in [0.25, 0.3) is 0 Å². The third-order valence-corrected chi connectivity index (χ3v) is 1.75. The molecule has 0 amide bonds. The van der Waals surface area contributed by atoms with Crippen LogP contribution in [-0.2, 0) is 0 Å². The number of methoxy groups -OCH3 is 1. The van der Waals surface area contributed by atoms with Crippen LogP contribution in [0.15, 0.2) is 12.1 Å². The average Bonchev–Trinajstić information content (AvgIpc) is 2.17. The van der Waals surface area contributed by atoms with Gasteiger partial charge in [-0.25, -0.2) is 4.39 Å². The Balaban J connectivity index is 2.92. The van der Waals surface area contributed by atoms with E-state index in [4.69, 9.17) is 15.2 Å². The molecule has 0 spiro atoms. The van der Waals surface area contributed by atoms with Crippen molar-refractivity contribution < 1.29 is 13.9 Å². The maximum atomic E-state index is 13.2. The number of rotatable bonds is 4. The maximum absolute atomic E-state index is 13.2. The minimum Gasteiger partial charge on any atom is -0.494 e. The Morgan fingerprint density at radius 1 is 1.36 bits per heavy atom. The summed E-state index contributed by atoms with van der Waals surface area (Å²) in [5.41, 5.74) is 5.78. The van der Waals surface area contributed by atoms with Crippen LogP contribution in [0.1, 0.15) is 13.3 Å². The molecule has 1 rings (SSSR count). The standard InChI is InChI=1S/C10H14FNO2/c1-3-4-14-9-6-10(13-2)8(12)5-7(9)11/h5-6H,3-4,12H2,1-2H3. The quantitative estimate of drug-likeness (QED) is 0.756. The van der Waals surface area contributed by atoms with Crippen LogP contribution < -0.4 is 15.2 Å². The Bertz CT molecular complexity index is 315. The first-order valence-corrected chi connectivity index (χ1v) is 4.44. The lowest BCUT2D eigenvalue weighted by Crippen LogP contribution is -2.00. The summed E-state index contributed by atoms with van der Waals surface area (Å²) in [6, 6.07) is 2.66. The van der Waals surface area contributed by atoms with E-state index in [1.54, 1.807) is 0 Å². The van der Waals surface area contributed by atoms with Crippen LogP contribution in [0.5, 0.6) is 11.5 Å². The van der Waals surface area contributed by atoms with Gasteiger partial charge in [0.1, 0.15) is 5.75 Å². The van der Waals surface area contributed by atoms with Gasteiger partial charge in [-0.3, -0.25) is 0 Å².